The number of carbonyl (C=O) groups is 1. The summed E-state index contributed by atoms with van der Waals surface area (Å²) in [6.45, 7) is 3.38. The summed E-state index contributed by atoms with van der Waals surface area (Å²) in [7, 11) is 0. The normalized spacial score (nSPS) is 18.5. The Morgan fingerprint density at radius 1 is 1.45 bits per heavy atom. The van der Waals surface area contributed by atoms with Gasteiger partial charge in [-0.25, -0.2) is 14.4 Å². The number of piperidine rings is 1. The van der Waals surface area contributed by atoms with Gasteiger partial charge in [0.25, 0.3) is 0 Å². The molecule has 1 fully saturated rings. The first kappa shape index (κ1) is 14.7. The second-order valence-corrected chi connectivity index (χ2v) is 5.56. The summed E-state index contributed by atoms with van der Waals surface area (Å²) >= 11 is 0. The summed E-state index contributed by atoms with van der Waals surface area (Å²) in [5.74, 6) is 0.502. The van der Waals surface area contributed by atoms with Crippen LogP contribution in [0.25, 0.3) is 10.9 Å². The largest absolute Gasteiger partial charge is 0.354 e. The third kappa shape index (κ3) is 3.00. The van der Waals surface area contributed by atoms with Crippen molar-refractivity contribution in [1.82, 2.24) is 15.3 Å². The molecule has 0 radical (unpaired) electrons. The van der Waals surface area contributed by atoms with Crippen LogP contribution in [0.5, 0.6) is 0 Å². The minimum absolute atomic E-state index is 0.0606. The van der Waals surface area contributed by atoms with Gasteiger partial charge < -0.3 is 10.2 Å². The van der Waals surface area contributed by atoms with E-state index in [4.69, 9.17) is 0 Å². The molecular weight excluding hydrogens is 283 g/mol. The van der Waals surface area contributed by atoms with Crippen LogP contribution in [-0.4, -0.2) is 35.0 Å². The first-order chi connectivity index (χ1) is 10.7. The molecule has 1 N–H and O–H groups in total. The zero-order chi connectivity index (χ0) is 15.5. The Labute approximate surface area is 128 Å². The maximum atomic E-state index is 13.5. The lowest BCUT2D eigenvalue weighted by molar-refractivity contribution is -0.121. The fourth-order valence-corrected chi connectivity index (χ4v) is 2.88. The third-order valence-corrected chi connectivity index (χ3v) is 3.98. The fraction of sp³-hybridized carbons (Fsp3) is 0.438. The van der Waals surface area contributed by atoms with E-state index in [2.05, 4.69) is 20.2 Å². The number of hydrogen-bond donors (Lipinski definition) is 1. The summed E-state index contributed by atoms with van der Waals surface area (Å²) in [6.07, 6.45) is 3.91. The summed E-state index contributed by atoms with van der Waals surface area (Å²) in [5.41, 5.74) is 0.728. The molecule has 0 bridgehead atoms. The molecule has 1 aromatic heterocycles. The van der Waals surface area contributed by atoms with E-state index in [-0.39, 0.29) is 17.8 Å². The van der Waals surface area contributed by atoms with Crippen LogP contribution >= 0.6 is 0 Å². The van der Waals surface area contributed by atoms with Gasteiger partial charge >= 0.3 is 0 Å². The molecule has 116 valence electrons. The molecule has 1 aliphatic rings. The second kappa shape index (κ2) is 6.25. The van der Waals surface area contributed by atoms with Crippen LogP contribution in [-0.2, 0) is 4.79 Å². The Morgan fingerprint density at radius 2 is 2.32 bits per heavy atom. The van der Waals surface area contributed by atoms with Crippen molar-refractivity contribution in [2.45, 2.75) is 32.2 Å². The van der Waals surface area contributed by atoms with E-state index >= 15 is 0 Å². The number of benzene rings is 1. The van der Waals surface area contributed by atoms with Crippen LogP contribution in [0.15, 0.2) is 24.5 Å². The van der Waals surface area contributed by atoms with E-state index < -0.39 is 0 Å². The predicted octanol–water partition coefficient (Wildman–Crippen LogP) is 2.26. The van der Waals surface area contributed by atoms with E-state index in [9.17, 15) is 9.18 Å². The lowest BCUT2D eigenvalue weighted by Gasteiger charge is -2.34. The van der Waals surface area contributed by atoms with Crippen LogP contribution in [0, 0.1) is 5.82 Å². The van der Waals surface area contributed by atoms with E-state index in [0.29, 0.717) is 18.4 Å². The molecule has 1 amide bonds. The van der Waals surface area contributed by atoms with Crippen molar-refractivity contribution in [3.05, 3.63) is 30.3 Å². The SMILES string of the molecule is CCC(=O)N[C@H]1CCCN(c2ncnc3ccc(F)cc23)C1. The van der Waals surface area contributed by atoms with Crippen molar-refractivity contribution >= 4 is 22.6 Å². The molecule has 22 heavy (non-hydrogen) atoms. The molecule has 5 nitrogen and oxygen atoms in total. The molecule has 0 spiro atoms. The molecule has 1 aromatic carbocycles. The van der Waals surface area contributed by atoms with Gasteiger partial charge in [0.1, 0.15) is 18.0 Å². The molecule has 6 heteroatoms. The van der Waals surface area contributed by atoms with Crippen molar-refractivity contribution < 1.29 is 9.18 Å². The highest BCUT2D eigenvalue weighted by atomic mass is 19.1. The third-order valence-electron chi connectivity index (χ3n) is 3.98. The molecular formula is C16H19FN4O. The average molecular weight is 302 g/mol. The lowest BCUT2D eigenvalue weighted by atomic mass is 10.0. The number of nitrogens with zero attached hydrogens (tertiary/aromatic N) is 3. The summed E-state index contributed by atoms with van der Waals surface area (Å²) in [5, 5.41) is 3.74. The van der Waals surface area contributed by atoms with Crippen molar-refractivity contribution in [2.75, 3.05) is 18.0 Å². The first-order valence-electron chi connectivity index (χ1n) is 7.62. The number of nitrogens with one attached hydrogen (secondary N) is 1. The van der Waals surface area contributed by atoms with Gasteiger partial charge in [0.05, 0.1) is 5.52 Å². The van der Waals surface area contributed by atoms with Crippen LogP contribution in [0.2, 0.25) is 0 Å². The molecule has 0 aliphatic carbocycles. The van der Waals surface area contributed by atoms with Crippen LogP contribution in [0.1, 0.15) is 26.2 Å². The topological polar surface area (TPSA) is 58.1 Å². The number of amides is 1. The van der Waals surface area contributed by atoms with Gasteiger partial charge in [-0.2, -0.15) is 0 Å². The van der Waals surface area contributed by atoms with Crippen LogP contribution < -0.4 is 10.2 Å². The molecule has 1 atom stereocenters. The standard InChI is InChI=1S/C16H19FN4O/c1-2-15(22)20-12-4-3-7-21(9-12)16-13-8-11(17)5-6-14(13)18-10-19-16/h5-6,8,10,12H,2-4,7,9H2,1H3,(H,20,22)/t12-/m0/s1. The van der Waals surface area contributed by atoms with Gasteiger partial charge in [0, 0.05) is 30.9 Å². The van der Waals surface area contributed by atoms with Crippen molar-refractivity contribution in [3.8, 4) is 0 Å². The number of rotatable bonds is 3. The number of halogens is 1. The van der Waals surface area contributed by atoms with E-state index in [0.717, 1.165) is 30.7 Å². The minimum Gasteiger partial charge on any atom is -0.354 e. The lowest BCUT2D eigenvalue weighted by Crippen LogP contribution is -2.48. The van der Waals surface area contributed by atoms with E-state index in [1.165, 1.54) is 18.5 Å². The highest BCUT2D eigenvalue weighted by Crippen LogP contribution is 2.26. The predicted molar refractivity (Wildman–Crippen MR) is 83.2 cm³/mol. The maximum Gasteiger partial charge on any atom is 0.219 e. The Balaban J connectivity index is 1.87. The Kier molecular flexibility index (Phi) is 4.18. The van der Waals surface area contributed by atoms with Gasteiger partial charge in [-0.15, -0.1) is 0 Å². The molecule has 2 aromatic rings. The van der Waals surface area contributed by atoms with Gasteiger partial charge in [0.2, 0.25) is 5.91 Å². The van der Waals surface area contributed by atoms with Gasteiger partial charge in [-0.05, 0) is 31.0 Å². The fourth-order valence-electron chi connectivity index (χ4n) is 2.88. The number of hydrogen-bond acceptors (Lipinski definition) is 4. The molecule has 3 rings (SSSR count). The molecule has 2 heterocycles. The summed E-state index contributed by atoms with van der Waals surface area (Å²) in [4.78, 5) is 22.2. The second-order valence-electron chi connectivity index (χ2n) is 5.56. The number of aromatic nitrogens is 2. The van der Waals surface area contributed by atoms with Crippen LogP contribution in [0.4, 0.5) is 10.2 Å². The highest BCUT2D eigenvalue weighted by molar-refractivity contribution is 5.89. The monoisotopic (exact) mass is 302 g/mol. The quantitative estimate of drug-likeness (QED) is 0.945. The molecule has 1 saturated heterocycles. The molecule has 0 saturated carbocycles. The van der Waals surface area contributed by atoms with E-state index in [1.807, 2.05) is 6.92 Å². The van der Waals surface area contributed by atoms with Gasteiger partial charge in [-0.1, -0.05) is 6.92 Å². The Hall–Kier alpha value is -2.24. The van der Waals surface area contributed by atoms with Gasteiger partial charge in [0.15, 0.2) is 0 Å². The van der Waals surface area contributed by atoms with Crippen molar-refractivity contribution in [2.24, 2.45) is 0 Å². The number of carbonyl (C=O) groups excluding carboxylic acids is 1. The van der Waals surface area contributed by atoms with Crippen molar-refractivity contribution in [1.29, 1.82) is 0 Å². The molecule has 0 unspecified atom stereocenters. The Morgan fingerprint density at radius 3 is 3.14 bits per heavy atom. The molecule has 1 aliphatic heterocycles. The Bertz CT molecular complexity index is 691. The summed E-state index contributed by atoms with van der Waals surface area (Å²) < 4.78 is 13.5. The van der Waals surface area contributed by atoms with Gasteiger partial charge in [-0.3, -0.25) is 4.79 Å². The highest BCUT2D eigenvalue weighted by Gasteiger charge is 2.23. The number of anilines is 1. The summed E-state index contributed by atoms with van der Waals surface area (Å²) in [6, 6.07) is 4.65. The van der Waals surface area contributed by atoms with Crippen LogP contribution in [0.3, 0.4) is 0 Å². The average Bonchev–Trinajstić information content (AvgIpc) is 2.54. The number of fused-ring (bicyclic) bond motifs is 1. The zero-order valence-electron chi connectivity index (χ0n) is 12.6. The first-order valence-corrected chi connectivity index (χ1v) is 7.62. The smallest absolute Gasteiger partial charge is 0.219 e. The minimum atomic E-state index is -0.295. The zero-order valence-corrected chi connectivity index (χ0v) is 12.6. The van der Waals surface area contributed by atoms with Crippen molar-refractivity contribution in [3.63, 3.8) is 0 Å². The maximum absolute atomic E-state index is 13.5. The van der Waals surface area contributed by atoms with E-state index in [1.54, 1.807) is 6.07 Å².